The molecular weight excluding hydrogens is 367 g/mol. The Morgan fingerprint density at radius 2 is 1.80 bits per heavy atom. The average molecular weight is 381 g/mol. The van der Waals surface area contributed by atoms with Crippen LogP contribution in [0.1, 0.15) is 0 Å². The van der Waals surface area contributed by atoms with E-state index in [0.717, 1.165) is 0 Å². The van der Waals surface area contributed by atoms with E-state index in [1.54, 1.807) is 24.3 Å². The molecule has 3 rings (SSSR count). The normalized spacial score (nSPS) is 10.8. The smallest absolute Gasteiger partial charge is 0.267 e. The van der Waals surface area contributed by atoms with Gasteiger partial charge < -0.3 is 9.47 Å². The second-order valence-corrected chi connectivity index (χ2v) is 5.88. The zero-order valence-electron chi connectivity index (χ0n) is 13.3. The zero-order valence-corrected chi connectivity index (χ0v) is 14.9. The third kappa shape index (κ3) is 2.97. The van der Waals surface area contributed by atoms with Crippen LogP contribution in [0, 0.1) is 0 Å². The Morgan fingerprint density at radius 3 is 2.40 bits per heavy atom. The predicted molar refractivity (Wildman–Crippen MR) is 98.3 cm³/mol. The highest BCUT2D eigenvalue weighted by molar-refractivity contribution is 6.35. The highest BCUT2D eigenvalue weighted by Gasteiger charge is 2.17. The number of nitrogens with two attached hydrogens (primary N) is 1. The Balaban J connectivity index is 2.39. The first-order chi connectivity index (χ1) is 12.0. The zero-order chi connectivity index (χ0) is 18.1. The number of fused-ring (bicyclic) bond motifs is 1. The van der Waals surface area contributed by atoms with Crippen LogP contribution in [0.5, 0.6) is 11.5 Å². The van der Waals surface area contributed by atoms with Crippen molar-refractivity contribution in [2.45, 2.75) is 0 Å². The van der Waals surface area contributed by atoms with Crippen LogP contribution in [0.3, 0.4) is 0 Å². The van der Waals surface area contributed by atoms with Crippen molar-refractivity contribution in [1.82, 2.24) is 9.55 Å². The Hall–Kier alpha value is -2.48. The molecule has 9 heteroatoms. The van der Waals surface area contributed by atoms with Crippen molar-refractivity contribution in [3.8, 4) is 17.2 Å². The number of aromatic nitrogens is 2. The number of rotatable bonds is 4. The lowest BCUT2D eigenvalue weighted by molar-refractivity contribution is 0.355. The van der Waals surface area contributed by atoms with Crippen molar-refractivity contribution in [3.05, 3.63) is 50.7 Å². The molecule has 3 aromatic rings. The second-order valence-electron chi connectivity index (χ2n) is 5.04. The maximum atomic E-state index is 13.1. The van der Waals surface area contributed by atoms with Gasteiger partial charge >= 0.3 is 0 Å². The topological polar surface area (TPSA) is 91.4 Å². The van der Waals surface area contributed by atoms with Crippen LogP contribution >= 0.6 is 23.2 Å². The maximum absolute atomic E-state index is 13.1. The van der Waals surface area contributed by atoms with Crippen molar-refractivity contribution in [2.24, 2.45) is 5.84 Å². The number of hydrazine groups is 1. The highest BCUT2D eigenvalue weighted by atomic mass is 35.5. The molecule has 0 saturated carbocycles. The second kappa shape index (κ2) is 6.79. The molecule has 0 radical (unpaired) electrons. The molecule has 0 aliphatic carbocycles. The molecule has 25 heavy (non-hydrogen) atoms. The van der Waals surface area contributed by atoms with Gasteiger partial charge in [0.2, 0.25) is 5.95 Å². The van der Waals surface area contributed by atoms with Crippen LogP contribution in [-0.4, -0.2) is 23.8 Å². The lowest BCUT2D eigenvalue weighted by atomic mass is 10.2. The van der Waals surface area contributed by atoms with Crippen LogP contribution < -0.4 is 26.3 Å². The molecule has 0 fully saturated rings. The molecule has 1 heterocycles. The van der Waals surface area contributed by atoms with Gasteiger partial charge in [0, 0.05) is 11.1 Å². The fraction of sp³-hybridized carbons (Fsp3) is 0.125. The molecular formula is C16H14Cl2N4O3. The largest absolute Gasteiger partial charge is 0.493 e. The summed E-state index contributed by atoms with van der Waals surface area (Å²) in [6.45, 7) is 0. The molecule has 0 aliphatic rings. The Labute approximate surface area is 152 Å². The summed E-state index contributed by atoms with van der Waals surface area (Å²) in [6, 6.07) is 7.92. The molecule has 0 spiro atoms. The maximum Gasteiger partial charge on any atom is 0.267 e. The molecule has 0 atom stereocenters. The van der Waals surface area contributed by atoms with Gasteiger partial charge in [0.25, 0.3) is 5.56 Å². The fourth-order valence-electron chi connectivity index (χ4n) is 2.50. The number of nitrogen functional groups attached to an aromatic ring is 1. The van der Waals surface area contributed by atoms with Crippen LogP contribution in [0.2, 0.25) is 10.0 Å². The summed E-state index contributed by atoms with van der Waals surface area (Å²) < 4.78 is 11.8. The van der Waals surface area contributed by atoms with E-state index >= 15 is 0 Å². The lowest BCUT2D eigenvalue weighted by Gasteiger charge is -2.15. The number of hydrogen-bond donors (Lipinski definition) is 2. The molecule has 0 unspecified atom stereocenters. The van der Waals surface area contributed by atoms with E-state index in [0.29, 0.717) is 33.1 Å². The van der Waals surface area contributed by atoms with E-state index in [1.165, 1.54) is 24.9 Å². The quantitative estimate of drug-likeness (QED) is 0.533. The van der Waals surface area contributed by atoms with Gasteiger partial charge in [-0.05, 0) is 24.3 Å². The van der Waals surface area contributed by atoms with Gasteiger partial charge in [-0.3, -0.25) is 10.2 Å². The first-order valence-corrected chi connectivity index (χ1v) is 7.86. The first-order valence-electron chi connectivity index (χ1n) is 7.11. The molecule has 0 bridgehead atoms. The first kappa shape index (κ1) is 17.3. The lowest BCUT2D eigenvalue weighted by Crippen LogP contribution is -2.26. The molecule has 0 saturated heterocycles. The Morgan fingerprint density at radius 1 is 1.12 bits per heavy atom. The van der Waals surface area contributed by atoms with E-state index in [4.69, 9.17) is 38.5 Å². The van der Waals surface area contributed by atoms with Crippen LogP contribution in [0.25, 0.3) is 16.6 Å². The third-order valence-electron chi connectivity index (χ3n) is 3.65. The Bertz CT molecular complexity index is 1020. The SMILES string of the molecule is COc1cc2nc(NN)n(-c3ccc(Cl)cc3Cl)c(=O)c2cc1OC. The summed E-state index contributed by atoms with van der Waals surface area (Å²) in [4.78, 5) is 17.4. The van der Waals surface area contributed by atoms with Gasteiger partial charge in [-0.1, -0.05) is 23.2 Å². The molecule has 3 N–H and O–H groups in total. The number of ether oxygens (including phenoxy) is 2. The summed E-state index contributed by atoms with van der Waals surface area (Å²) in [5.41, 5.74) is 2.85. The average Bonchev–Trinajstić information content (AvgIpc) is 2.61. The minimum absolute atomic E-state index is 0.119. The van der Waals surface area contributed by atoms with Crippen LogP contribution in [-0.2, 0) is 0 Å². The van der Waals surface area contributed by atoms with Crippen molar-refractivity contribution in [2.75, 3.05) is 19.6 Å². The molecule has 0 amide bonds. The van der Waals surface area contributed by atoms with Gasteiger partial charge in [0.15, 0.2) is 11.5 Å². The van der Waals surface area contributed by atoms with Crippen molar-refractivity contribution < 1.29 is 9.47 Å². The number of nitrogens with zero attached hydrogens (tertiary/aromatic N) is 2. The summed E-state index contributed by atoms with van der Waals surface area (Å²) >= 11 is 12.2. The van der Waals surface area contributed by atoms with Crippen LogP contribution in [0.4, 0.5) is 5.95 Å². The summed E-state index contributed by atoms with van der Waals surface area (Å²) in [6.07, 6.45) is 0. The van der Waals surface area contributed by atoms with Crippen molar-refractivity contribution in [3.63, 3.8) is 0 Å². The number of benzene rings is 2. The van der Waals surface area contributed by atoms with E-state index < -0.39 is 0 Å². The standard InChI is InChI=1S/C16H14Cl2N4O3/c1-24-13-6-9-11(7-14(13)25-2)20-16(21-19)22(15(9)23)12-4-3-8(17)5-10(12)18/h3-7H,19H2,1-2H3,(H,20,21). The van der Waals surface area contributed by atoms with E-state index in [2.05, 4.69) is 10.4 Å². The minimum atomic E-state index is -0.372. The summed E-state index contributed by atoms with van der Waals surface area (Å²) in [5, 5.41) is 1.06. The van der Waals surface area contributed by atoms with Crippen molar-refractivity contribution in [1.29, 1.82) is 0 Å². The van der Waals surface area contributed by atoms with Gasteiger partial charge in [-0.2, -0.15) is 0 Å². The fourth-order valence-corrected chi connectivity index (χ4v) is 2.99. The Kier molecular flexibility index (Phi) is 4.71. The summed E-state index contributed by atoms with van der Waals surface area (Å²) in [5.74, 6) is 6.54. The van der Waals surface area contributed by atoms with E-state index in [1.807, 2.05) is 0 Å². The van der Waals surface area contributed by atoms with E-state index in [9.17, 15) is 4.79 Å². The van der Waals surface area contributed by atoms with Gasteiger partial charge in [-0.25, -0.2) is 15.4 Å². The number of methoxy groups -OCH3 is 2. The minimum Gasteiger partial charge on any atom is -0.493 e. The third-order valence-corrected chi connectivity index (χ3v) is 4.19. The molecule has 2 aromatic carbocycles. The van der Waals surface area contributed by atoms with Crippen molar-refractivity contribution >= 4 is 40.1 Å². The predicted octanol–water partition coefficient (Wildman–Crippen LogP) is 3.00. The van der Waals surface area contributed by atoms with Gasteiger partial charge in [-0.15, -0.1) is 0 Å². The molecule has 1 aromatic heterocycles. The molecule has 0 aliphatic heterocycles. The number of anilines is 1. The molecule has 7 nitrogen and oxygen atoms in total. The van der Waals surface area contributed by atoms with E-state index in [-0.39, 0.29) is 16.5 Å². The van der Waals surface area contributed by atoms with Gasteiger partial charge in [0.1, 0.15) is 0 Å². The monoisotopic (exact) mass is 380 g/mol. The van der Waals surface area contributed by atoms with Gasteiger partial charge in [0.05, 0.1) is 35.8 Å². The molecule has 130 valence electrons. The van der Waals surface area contributed by atoms with Crippen LogP contribution in [0.15, 0.2) is 35.1 Å². The summed E-state index contributed by atoms with van der Waals surface area (Å²) in [7, 11) is 2.99. The number of nitrogens with one attached hydrogen (secondary N) is 1. The number of hydrogen-bond acceptors (Lipinski definition) is 6. The number of halogens is 2. The highest BCUT2D eigenvalue weighted by Crippen LogP contribution is 2.32.